The first-order chi connectivity index (χ1) is 3.79. The van der Waals surface area contributed by atoms with Crippen LogP contribution in [0.4, 0.5) is 0 Å². The lowest BCUT2D eigenvalue weighted by Gasteiger charge is -2.17. The summed E-state index contributed by atoms with van der Waals surface area (Å²) in [6.07, 6.45) is 3.58. The lowest BCUT2D eigenvalue weighted by Crippen LogP contribution is -3.02. The van der Waals surface area contributed by atoms with E-state index in [1.54, 1.807) is 0 Å². The molecule has 1 N–H and O–H groups in total. The molecular weight excluding hydrogens is 112 g/mol. The molecule has 0 aliphatic carbocycles. The van der Waals surface area contributed by atoms with Crippen LogP contribution in [0.2, 0.25) is 0 Å². The number of hydrogen-bond acceptors (Lipinski definition) is 3. The minimum Gasteiger partial charge on any atom is -0.599 e. The molecule has 1 unspecified atom stereocenters. The Balaban J connectivity index is 2.59. The van der Waals surface area contributed by atoms with Crippen molar-refractivity contribution in [1.82, 2.24) is 0 Å². The van der Waals surface area contributed by atoms with E-state index in [2.05, 4.69) is 4.94 Å². The monoisotopic (exact) mass is 116 g/mol. The highest BCUT2D eigenvalue weighted by atomic mass is 17.0. The molecule has 0 aromatic rings. The van der Waals surface area contributed by atoms with Gasteiger partial charge in [-0.3, -0.25) is 5.21 Å². The minimum absolute atomic E-state index is 0.0995. The van der Waals surface area contributed by atoms with Gasteiger partial charge < -0.3 is 5.21 Å². The van der Waals surface area contributed by atoms with Gasteiger partial charge in [-0.15, -0.1) is 0 Å². The van der Waals surface area contributed by atoms with Crippen LogP contribution in [0, 0.1) is 10.4 Å². The van der Waals surface area contributed by atoms with E-state index in [0.29, 0.717) is 0 Å². The molecule has 44 valence electrons. The van der Waals surface area contributed by atoms with Gasteiger partial charge >= 0.3 is 0 Å². The van der Waals surface area contributed by atoms with E-state index in [0.717, 1.165) is 12.4 Å². The molecule has 0 aromatic heterocycles. The van der Waals surface area contributed by atoms with Gasteiger partial charge in [-0.2, -0.15) is 5.23 Å². The van der Waals surface area contributed by atoms with Crippen molar-refractivity contribution in [2.24, 2.45) is 0 Å². The Kier molecular flexibility index (Phi) is 1.15. The van der Waals surface area contributed by atoms with Gasteiger partial charge in [-0.05, 0) is 0 Å². The highest BCUT2D eigenvalue weighted by molar-refractivity contribution is 5.65. The molecule has 1 heterocycles. The third kappa shape index (κ3) is 0.955. The first-order valence-corrected chi connectivity index (χ1v) is 1.99. The van der Waals surface area contributed by atoms with Crippen LogP contribution in [0.5, 0.6) is 0 Å². The lowest BCUT2D eigenvalue weighted by atomic mass is 10.7. The maximum Gasteiger partial charge on any atom is 0.243 e. The molecule has 0 aromatic carbocycles. The molecular formula is C3H4N2O3. The van der Waals surface area contributed by atoms with Crippen molar-refractivity contribution in [1.29, 1.82) is 0 Å². The van der Waals surface area contributed by atoms with Gasteiger partial charge in [-0.25, -0.2) is 4.94 Å². The van der Waals surface area contributed by atoms with E-state index in [1.165, 1.54) is 6.08 Å². The lowest BCUT2D eigenvalue weighted by molar-refractivity contribution is -1.17. The van der Waals surface area contributed by atoms with Crippen LogP contribution >= 0.6 is 0 Å². The van der Waals surface area contributed by atoms with Gasteiger partial charge in [0.2, 0.25) is 6.21 Å². The normalized spacial score (nSPS) is 26.6. The number of nitrogens with one attached hydrogen (secondary N) is 1. The summed E-state index contributed by atoms with van der Waals surface area (Å²) in [4.78, 5) is 4.08. The third-order valence-corrected chi connectivity index (χ3v) is 0.620. The maximum atomic E-state index is 10.1. The Morgan fingerprint density at radius 2 is 2.38 bits per heavy atom. The Hall–Kier alpha value is -1.07. The van der Waals surface area contributed by atoms with Crippen LogP contribution in [-0.4, -0.2) is 11.1 Å². The average molecular weight is 116 g/mol. The fraction of sp³-hybridized carbons (Fsp3) is 0. The predicted molar refractivity (Wildman–Crippen MR) is 24.2 cm³/mol. The van der Waals surface area contributed by atoms with E-state index in [9.17, 15) is 10.4 Å². The second-order valence-electron chi connectivity index (χ2n) is 1.20. The summed E-state index contributed by atoms with van der Waals surface area (Å²) in [5.41, 5.74) is 0. The quantitative estimate of drug-likeness (QED) is 0.384. The first kappa shape index (κ1) is 5.07. The molecule has 0 fully saturated rings. The first-order valence-electron chi connectivity index (χ1n) is 1.99. The molecule has 0 amide bonds. The van der Waals surface area contributed by atoms with Gasteiger partial charge in [0.25, 0.3) is 0 Å². The maximum absolute atomic E-state index is 10.1. The van der Waals surface area contributed by atoms with E-state index < -0.39 is 5.23 Å². The van der Waals surface area contributed by atoms with Crippen molar-refractivity contribution in [2.45, 2.75) is 0 Å². The van der Waals surface area contributed by atoms with Crippen molar-refractivity contribution < 1.29 is 15.1 Å². The molecule has 8 heavy (non-hydrogen) atoms. The van der Waals surface area contributed by atoms with Gasteiger partial charge in [0.15, 0.2) is 0 Å². The van der Waals surface area contributed by atoms with Gasteiger partial charge in [0.05, 0.1) is 11.0 Å². The highest BCUT2D eigenvalue weighted by Gasteiger charge is 1.98. The molecule has 0 saturated carbocycles. The summed E-state index contributed by atoms with van der Waals surface area (Å²) >= 11 is 0. The van der Waals surface area contributed by atoms with Crippen LogP contribution in [0.1, 0.15) is 0 Å². The van der Waals surface area contributed by atoms with E-state index >= 15 is 0 Å². The SMILES string of the molecule is [O-][N+]1=CC=C[NH+]([O-])O1. The number of hydroxylamine groups is 2. The largest absolute Gasteiger partial charge is 0.599 e. The van der Waals surface area contributed by atoms with Gasteiger partial charge in [-0.1, -0.05) is 0 Å². The number of nitrogens with zero attached hydrogens (tertiary/aromatic N) is 1. The number of quaternary nitrogens is 1. The second-order valence-corrected chi connectivity index (χ2v) is 1.20. The van der Waals surface area contributed by atoms with E-state index in [1.807, 2.05) is 0 Å². The molecule has 1 aliphatic rings. The molecule has 1 atom stereocenters. The number of hydrogen-bond donors (Lipinski definition) is 1. The fourth-order valence-corrected chi connectivity index (χ4v) is 0.341. The number of allylic oxidation sites excluding steroid dienone is 1. The Morgan fingerprint density at radius 1 is 1.62 bits per heavy atom. The summed E-state index contributed by atoms with van der Waals surface area (Å²) in [6, 6.07) is 0. The molecule has 5 nitrogen and oxygen atoms in total. The molecule has 0 radical (unpaired) electrons. The molecule has 1 aliphatic heterocycles. The zero-order valence-electron chi connectivity index (χ0n) is 3.90. The van der Waals surface area contributed by atoms with Crippen LogP contribution < -0.4 is 5.23 Å². The molecule has 0 bridgehead atoms. The standard InChI is InChI=1S/C3H4N2O3/c6-4-2-1-3-5(7)8-4/h1-4H. The fourth-order valence-electron chi connectivity index (χ4n) is 0.341. The summed E-state index contributed by atoms with van der Waals surface area (Å²) < 4.78 is 0. The van der Waals surface area contributed by atoms with Crippen LogP contribution in [-0.2, 0) is 4.94 Å². The summed E-state index contributed by atoms with van der Waals surface area (Å²) in [7, 11) is 0. The molecule has 1 rings (SSSR count). The van der Waals surface area contributed by atoms with Crippen molar-refractivity contribution in [3.63, 3.8) is 0 Å². The Bertz CT molecular complexity index is 141. The Morgan fingerprint density at radius 3 is 2.75 bits per heavy atom. The second kappa shape index (κ2) is 1.81. The zero-order valence-corrected chi connectivity index (χ0v) is 3.90. The van der Waals surface area contributed by atoms with E-state index in [-0.39, 0.29) is 4.90 Å². The summed E-state index contributed by atoms with van der Waals surface area (Å²) in [5.74, 6) is 0. The van der Waals surface area contributed by atoms with Crippen molar-refractivity contribution in [3.05, 3.63) is 22.7 Å². The highest BCUT2D eigenvalue weighted by Crippen LogP contribution is 1.70. The molecule has 0 saturated heterocycles. The van der Waals surface area contributed by atoms with E-state index in [4.69, 9.17) is 0 Å². The zero-order chi connectivity index (χ0) is 5.98. The van der Waals surface area contributed by atoms with Crippen LogP contribution in [0.15, 0.2) is 12.3 Å². The predicted octanol–water partition coefficient (Wildman–Crippen LogP) is -1.68. The van der Waals surface area contributed by atoms with Gasteiger partial charge in [0, 0.05) is 0 Å². The summed E-state index contributed by atoms with van der Waals surface area (Å²) in [6.45, 7) is 0. The smallest absolute Gasteiger partial charge is 0.243 e. The molecule has 0 spiro atoms. The van der Waals surface area contributed by atoms with Crippen LogP contribution in [0.25, 0.3) is 0 Å². The summed E-state index contributed by atoms with van der Waals surface area (Å²) in [5, 5.41) is 19.5. The average Bonchev–Trinajstić information content (AvgIpc) is 1.64. The third-order valence-electron chi connectivity index (χ3n) is 0.620. The topological polar surface area (TPSA) is 62.8 Å². The van der Waals surface area contributed by atoms with Crippen LogP contribution in [0.3, 0.4) is 0 Å². The Labute approximate surface area is 45.2 Å². The minimum atomic E-state index is -0.637. The van der Waals surface area contributed by atoms with Crippen molar-refractivity contribution in [2.75, 3.05) is 0 Å². The van der Waals surface area contributed by atoms with Crippen molar-refractivity contribution >= 4 is 6.21 Å². The molecule has 5 heteroatoms. The number of rotatable bonds is 0. The van der Waals surface area contributed by atoms with Gasteiger partial charge in [0.1, 0.15) is 6.20 Å². The van der Waals surface area contributed by atoms with Crippen molar-refractivity contribution in [3.8, 4) is 0 Å².